The van der Waals surface area contributed by atoms with Crippen molar-refractivity contribution in [2.75, 3.05) is 13.2 Å². The van der Waals surface area contributed by atoms with E-state index < -0.39 is 24.2 Å². The molecule has 5 heteroatoms. The molecule has 0 fully saturated rings. The Morgan fingerprint density at radius 2 is 1.48 bits per heavy atom. The maximum atomic E-state index is 13.1. The predicted molar refractivity (Wildman–Crippen MR) is 99.1 cm³/mol. The number of hydrogen-bond donors (Lipinski definition) is 0. The molecule has 0 aliphatic rings. The minimum absolute atomic E-state index is 0.153. The van der Waals surface area contributed by atoms with E-state index in [1.54, 1.807) is 12.1 Å². The van der Waals surface area contributed by atoms with Crippen molar-refractivity contribution in [1.82, 2.24) is 0 Å². The van der Waals surface area contributed by atoms with Crippen LogP contribution in [0.5, 0.6) is 5.75 Å². The zero-order valence-corrected chi connectivity index (χ0v) is 14.4. The average molecular weight is 364 g/mol. The number of ether oxygens (including phenoxy) is 2. The number of ketones is 1. The van der Waals surface area contributed by atoms with Crippen LogP contribution in [0.2, 0.25) is 0 Å². The normalized spacial score (nSPS) is 10.3. The Kier molecular flexibility index (Phi) is 5.94. The van der Waals surface area contributed by atoms with Crippen molar-refractivity contribution in [2.45, 2.75) is 0 Å². The molecule has 3 rings (SSSR count). The van der Waals surface area contributed by atoms with E-state index in [1.807, 2.05) is 42.5 Å². The van der Waals surface area contributed by atoms with Gasteiger partial charge in [0.2, 0.25) is 0 Å². The predicted octanol–water partition coefficient (Wildman–Crippen LogP) is 4.30. The van der Waals surface area contributed by atoms with Crippen molar-refractivity contribution in [3.05, 3.63) is 90.2 Å². The maximum Gasteiger partial charge on any atom is 0.344 e. The van der Waals surface area contributed by atoms with Gasteiger partial charge in [0.25, 0.3) is 0 Å². The van der Waals surface area contributed by atoms with E-state index in [0.717, 1.165) is 17.2 Å². The zero-order chi connectivity index (χ0) is 19.1. The highest BCUT2D eigenvalue weighted by molar-refractivity contribution is 5.97. The average Bonchev–Trinajstić information content (AvgIpc) is 2.71. The fourth-order valence-corrected chi connectivity index (χ4v) is 2.45. The van der Waals surface area contributed by atoms with E-state index in [0.29, 0.717) is 5.75 Å². The summed E-state index contributed by atoms with van der Waals surface area (Å²) in [6.45, 7) is -0.778. The van der Waals surface area contributed by atoms with Gasteiger partial charge < -0.3 is 9.47 Å². The second-order valence-corrected chi connectivity index (χ2v) is 5.77. The summed E-state index contributed by atoms with van der Waals surface area (Å²) in [5.74, 6) is -1.15. The first-order valence-corrected chi connectivity index (χ1v) is 8.34. The number of carbonyl (C=O) groups excluding carboxylic acids is 2. The summed E-state index contributed by atoms with van der Waals surface area (Å²) >= 11 is 0. The third-order valence-corrected chi connectivity index (χ3v) is 3.83. The van der Waals surface area contributed by atoms with E-state index in [2.05, 4.69) is 0 Å². The molecule has 3 aromatic rings. The van der Waals surface area contributed by atoms with Crippen molar-refractivity contribution in [1.29, 1.82) is 0 Å². The number of halogens is 1. The van der Waals surface area contributed by atoms with E-state index in [1.165, 1.54) is 18.2 Å². The molecule has 0 aliphatic heterocycles. The number of carbonyl (C=O) groups is 2. The molecule has 0 atom stereocenters. The summed E-state index contributed by atoms with van der Waals surface area (Å²) in [6, 6.07) is 22.4. The van der Waals surface area contributed by atoms with Crippen LogP contribution in [-0.4, -0.2) is 25.0 Å². The van der Waals surface area contributed by atoms with E-state index in [-0.39, 0.29) is 12.2 Å². The largest absolute Gasteiger partial charge is 0.482 e. The van der Waals surface area contributed by atoms with Gasteiger partial charge in [-0.15, -0.1) is 0 Å². The lowest BCUT2D eigenvalue weighted by Crippen LogP contribution is -2.19. The quantitative estimate of drug-likeness (QED) is 0.463. The Balaban J connectivity index is 1.47. The van der Waals surface area contributed by atoms with Gasteiger partial charge in [-0.25, -0.2) is 9.18 Å². The van der Waals surface area contributed by atoms with Crippen LogP contribution < -0.4 is 4.74 Å². The fourth-order valence-electron chi connectivity index (χ4n) is 2.45. The third-order valence-electron chi connectivity index (χ3n) is 3.83. The van der Waals surface area contributed by atoms with Gasteiger partial charge in [0.1, 0.15) is 11.6 Å². The van der Waals surface area contributed by atoms with Gasteiger partial charge in [-0.3, -0.25) is 4.79 Å². The molecule has 0 aromatic heterocycles. The lowest BCUT2D eigenvalue weighted by atomic mass is 10.1. The highest BCUT2D eigenvalue weighted by Gasteiger charge is 2.11. The first-order valence-electron chi connectivity index (χ1n) is 8.34. The molecule has 0 N–H and O–H groups in total. The molecule has 0 spiro atoms. The van der Waals surface area contributed by atoms with Gasteiger partial charge in [0.15, 0.2) is 19.0 Å². The standard InChI is InChI=1S/C22H17FO4/c23-19-8-4-7-18(13-19)21(24)14-27-22(25)15-26-20-11-9-17(10-12-20)16-5-2-1-3-6-16/h1-13H,14-15H2. The first kappa shape index (κ1) is 18.3. The Labute approximate surface area is 156 Å². The molecule has 0 aliphatic carbocycles. The highest BCUT2D eigenvalue weighted by atomic mass is 19.1. The number of hydrogen-bond acceptors (Lipinski definition) is 4. The first-order chi connectivity index (χ1) is 13.1. The Morgan fingerprint density at radius 1 is 0.778 bits per heavy atom. The summed E-state index contributed by atoms with van der Waals surface area (Å²) in [6.07, 6.45) is 0. The summed E-state index contributed by atoms with van der Waals surface area (Å²) in [7, 11) is 0. The third kappa shape index (κ3) is 5.25. The molecule has 4 nitrogen and oxygen atoms in total. The number of Topliss-reactive ketones (excluding diaryl/α,β-unsaturated/α-hetero) is 1. The van der Waals surface area contributed by atoms with Crippen LogP contribution in [0, 0.1) is 5.82 Å². The van der Waals surface area contributed by atoms with Crippen molar-refractivity contribution in [2.24, 2.45) is 0 Å². The van der Waals surface area contributed by atoms with Crippen LogP contribution in [0.3, 0.4) is 0 Å². The molecule has 0 saturated carbocycles. The van der Waals surface area contributed by atoms with E-state index in [4.69, 9.17) is 9.47 Å². The molecule has 0 bridgehead atoms. The fraction of sp³-hybridized carbons (Fsp3) is 0.0909. The van der Waals surface area contributed by atoms with Gasteiger partial charge in [0, 0.05) is 5.56 Å². The number of benzene rings is 3. The monoisotopic (exact) mass is 364 g/mol. The molecule has 3 aromatic carbocycles. The topological polar surface area (TPSA) is 52.6 Å². The van der Waals surface area contributed by atoms with Crippen molar-refractivity contribution in [3.8, 4) is 16.9 Å². The molecule has 0 amide bonds. The minimum atomic E-state index is -0.674. The van der Waals surface area contributed by atoms with Crippen LogP contribution in [0.4, 0.5) is 4.39 Å². The van der Waals surface area contributed by atoms with Gasteiger partial charge in [-0.2, -0.15) is 0 Å². The van der Waals surface area contributed by atoms with E-state index >= 15 is 0 Å². The lowest BCUT2D eigenvalue weighted by Gasteiger charge is -2.08. The molecule has 0 unspecified atom stereocenters. The molecular formula is C22H17FO4. The second-order valence-electron chi connectivity index (χ2n) is 5.77. The second kappa shape index (κ2) is 8.76. The Bertz CT molecular complexity index is 921. The smallest absolute Gasteiger partial charge is 0.344 e. The van der Waals surface area contributed by atoms with Crippen molar-refractivity contribution < 1.29 is 23.5 Å². The van der Waals surface area contributed by atoms with Gasteiger partial charge >= 0.3 is 5.97 Å². The zero-order valence-electron chi connectivity index (χ0n) is 14.4. The number of esters is 1. The maximum absolute atomic E-state index is 13.1. The summed E-state index contributed by atoms with van der Waals surface area (Å²) in [5, 5.41) is 0. The Morgan fingerprint density at radius 3 is 2.19 bits per heavy atom. The molecule has 136 valence electrons. The molecule has 0 saturated heterocycles. The highest BCUT2D eigenvalue weighted by Crippen LogP contribution is 2.22. The van der Waals surface area contributed by atoms with Crippen molar-refractivity contribution >= 4 is 11.8 Å². The minimum Gasteiger partial charge on any atom is -0.482 e. The summed E-state index contributed by atoms with van der Waals surface area (Å²) in [4.78, 5) is 23.6. The lowest BCUT2D eigenvalue weighted by molar-refractivity contribution is -0.144. The van der Waals surface area contributed by atoms with Crippen LogP contribution in [0.15, 0.2) is 78.9 Å². The van der Waals surface area contributed by atoms with Crippen LogP contribution in [-0.2, 0) is 9.53 Å². The molecule has 0 radical (unpaired) electrons. The van der Waals surface area contributed by atoms with Gasteiger partial charge in [0.05, 0.1) is 0 Å². The van der Waals surface area contributed by atoms with Crippen LogP contribution >= 0.6 is 0 Å². The summed E-state index contributed by atoms with van der Waals surface area (Å²) in [5.41, 5.74) is 2.27. The van der Waals surface area contributed by atoms with E-state index in [9.17, 15) is 14.0 Å². The van der Waals surface area contributed by atoms with Crippen molar-refractivity contribution in [3.63, 3.8) is 0 Å². The van der Waals surface area contributed by atoms with Gasteiger partial charge in [-0.1, -0.05) is 54.6 Å². The van der Waals surface area contributed by atoms with Gasteiger partial charge in [-0.05, 0) is 35.4 Å². The Hall–Kier alpha value is -3.47. The summed E-state index contributed by atoms with van der Waals surface area (Å²) < 4.78 is 23.3. The van der Waals surface area contributed by atoms with Crippen LogP contribution in [0.1, 0.15) is 10.4 Å². The SMILES string of the molecule is O=C(COc1ccc(-c2ccccc2)cc1)OCC(=O)c1cccc(F)c1. The number of rotatable bonds is 7. The van der Waals surface area contributed by atoms with Crippen LogP contribution in [0.25, 0.3) is 11.1 Å². The molecular weight excluding hydrogens is 347 g/mol. The molecule has 0 heterocycles. The molecule has 27 heavy (non-hydrogen) atoms.